The van der Waals surface area contributed by atoms with Crippen LogP contribution in [0.1, 0.15) is 26.9 Å². The van der Waals surface area contributed by atoms with Crippen LogP contribution < -0.4 is 11.4 Å². The minimum Gasteiger partial charge on any atom is -0.447 e. The highest BCUT2D eigenvalue weighted by atomic mass is 16.6. The second kappa shape index (κ2) is 9.24. The summed E-state index contributed by atoms with van der Waals surface area (Å²) in [7, 11) is 0. The number of ketones is 1. The zero-order valence-electron chi connectivity index (χ0n) is 17.0. The minimum absolute atomic E-state index is 0.0455. The number of nitrogens with zero attached hydrogens (tertiary/aromatic N) is 4. The molecule has 3 aromatic rings. The van der Waals surface area contributed by atoms with E-state index in [4.69, 9.17) is 15.2 Å². The third-order valence-electron chi connectivity index (χ3n) is 5.04. The molecule has 4 heterocycles. The van der Waals surface area contributed by atoms with Gasteiger partial charge < -0.3 is 25.4 Å². The molecule has 0 bridgehead atoms. The van der Waals surface area contributed by atoms with Crippen LogP contribution in [0.25, 0.3) is 0 Å². The van der Waals surface area contributed by atoms with Gasteiger partial charge in [-0.25, -0.2) is 9.59 Å². The first-order valence-electron chi connectivity index (χ1n) is 9.78. The van der Waals surface area contributed by atoms with Crippen LogP contribution in [0.4, 0.5) is 5.82 Å². The van der Waals surface area contributed by atoms with Gasteiger partial charge in [0, 0.05) is 36.5 Å². The lowest BCUT2D eigenvalue weighted by atomic mass is 9.98. The molecule has 4 rings (SSSR count). The minimum atomic E-state index is -1.69. The van der Waals surface area contributed by atoms with Gasteiger partial charge in [0.2, 0.25) is 5.78 Å². The van der Waals surface area contributed by atoms with E-state index in [1.165, 1.54) is 61.3 Å². The van der Waals surface area contributed by atoms with E-state index in [0.717, 1.165) is 4.57 Å². The summed E-state index contributed by atoms with van der Waals surface area (Å²) in [6, 6.07) is 7.21. The van der Waals surface area contributed by atoms with Gasteiger partial charge in [-0.2, -0.15) is 4.98 Å². The summed E-state index contributed by atoms with van der Waals surface area (Å²) < 4.78 is 12.0. The van der Waals surface area contributed by atoms with Crippen molar-refractivity contribution in [3.05, 3.63) is 82.9 Å². The van der Waals surface area contributed by atoms with Gasteiger partial charge in [-0.05, 0) is 30.3 Å². The second-order valence-electron chi connectivity index (χ2n) is 7.19. The van der Waals surface area contributed by atoms with Gasteiger partial charge in [0.05, 0.1) is 5.56 Å². The third kappa shape index (κ3) is 4.48. The van der Waals surface area contributed by atoms with Crippen molar-refractivity contribution in [2.75, 3.05) is 5.73 Å². The van der Waals surface area contributed by atoms with Crippen LogP contribution in [0.5, 0.6) is 0 Å². The monoisotopic (exact) mass is 453 g/mol. The van der Waals surface area contributed by atoms with Gasteiger partial charge in [0.25, 0.3) is 0 Å². The number of Topliss-reactive ketones (excluding diaryl/α,β-unsaturated/α-hetero) is 1. The van der Waals surface area contributed by atoms with Gasteiger partial charge in [0.1, 0.15) is 24.1 Å². The van der Waals surface area contributed by atoms with Crippen molar-refractivity contribution in [2.24, 2.45) is 0 Å². The molecule has 170 valence electrons. The van der Waals surface area contributed by atoms with Gasteiger partial charge in [-0.3, -0.25) is 19.3 Å². The van der Waals surface area contributed by atoms with E-state index in [1.54, 1.807) is 0 Å². The van der Waals surface area contributed by atoms with Gasteiger partial charge in [0.15, 0.2) is 12.3 Å². The molecule has 1 aliphatic rings. The third-order valence-corrected chi connectivity index (χ3v) is 5.04. The highest BCUT2D eigenvalue weighted by Crippen LogP contribution is 2.32. The second-order valence-corrected chi connectivity index (χ2v) is 7.19. The number of aliphatic hydroxyl groups excluding tert-OH is 2. The number of pyridine rings is 2. The normalized spacial score (nSPS) is 23.1. The van der Waals surface area contributed by atoms with Gasteiger partial charge >= 0.3 is 11.7 Å². The van der Waals surface area contributed by atoms with E-state index in [9.17, 15) is 24.6 Å². The van der Waals surface area contributed by atoms with Crippen molar-refractivity contribution in [3.8, 4) is 0 Å². The molecule has 1 fully saturated rings. The highest BCUT2D eigenvalue weighted by Gasteiger charge is 2.51. The van der Waals surface area contributed by atoms with E-state index in [0.29, 0.717) is 0 Å². The molecule has 1 saturated heterocycles. The van der Waals surface area contributed by atoms with Crippen molar-refractivity contribution >= 4 is 17.6 Å². The van der Waals surface area contributed by atoms with Gasteiger partial charge in [-0.1, -0.05) is 0 Å². The number of hydrogen-bond acceptors (Lipinski definition) is 11. The van der Waals surface area contributed by atoms with E-state index in [1.807, 2.05) is 0 Å². The van der Waals surface area contributed by atoms with Gasteiger partial charge in [-0.15, -0.1) is 0 Å². The zero-order valence-corrected chi connectivity index (χ0v) is 17.0. The molecule has 0 spiro atoms. The smallest absolute Gasteiger partial charge is 0.351 e. The van der Waals surface area contributed by atoms with Crippen molar-refractivity contribution in [1.82, 2.24) is 19.5 Å². The maximum atomic E-state index is 13.2. The Hall–Kier alpha value is -4.00. The Morgan fingerprint density at radius 2 is 1.73 bits per heavy atom. The van der Waals surface area contributed by atoms with Crippen molar-refractivity contribution < 1.29 is 29.3 Å². The lowest BCUT2D eigenvalue weighted by Crippen LogP contribution is -2.45. The number of rotatable bonds is 6. The largest absolute Gasteiger partial charge is 0.447 e. The molecule has 4 N–H and O–H groups in total. The molecule has 12 heteroatoms. The summed E-state index contributed by atoms with van der Waals surface area (Å²) in [5, 5.41) is 21.2. The van der Waals surface area contributed by atoms with Crippen molar-refractivity contribution in [2.45, 2.75) is 30.6 Å². The zero-order chi connectivity index (χ0) is 23.5. The first-order chi connectivity index (χ1) is 15.9. The molecule has 0 aliphatic carbocycles. The predicted molar refractivity (Wildman–Crippen MR) is 111 cm³/mol. The molecular weight excluding hydrogens is 434 g/mol. The Morgan fingerprint density at radius 3 is 2.33 bits per heavy atom. The quantitative estimate of drug-likeness (QED) is 0.319. The lowest BCUT2D eigenvalue weighted by molar-refractivity contribution is -0.0812. The molecule has 0 aromatic carbocycles. The molecule has 33 heavy (non-hydrogen) atoms. The van der Waals surface area contributed by atoms with Crippen LogP contribution in [0.2, 0.25) is 0 Å². The molecule has 1 aliphatic heterocycles. The van der Waals surface area contributed by atoms with E-state index in [-0.39, 0.29) is 16.9 Å². The number of carbonyl (C=O) groups excluding carboxylic acids is 2. The standard InChI is InChI=1S/C21H19N5O7/c22-13-5-8-26(21(31)25-13)19-16(29)15(28)18(32-19)17(14(27)11-3-1-6-23-9-11)33-20(30)12-4-2-7-24-10-12/h1-10,15-19,28-29H,(H2,22,25,31)/t15-,16+,17?,18-,19+/m0/s1. The molecule has 0 amide bonds. The first kappa shape index (κ1) is 22.2. The first-order valence-corrected chi connectivity index (χ1v) is 9.78. The fraction of sp³-hybridized carbons (Fsp3) is 0.238. The van der Waals surface area contributed by atoms with Crippen LogP contribution in [0.15, 0.2) is 66.1 Å². The molecule has 12 nitrogen and oxygen atoms in total. The summed E-state index contributed by atoms with van der Waals surface area (Å²) in [6.45, 7) is 0. The summed E-state index contributed by atoms with van der Waals surface area (Å²) in [5.74, 6) is -1.67. The fourth-order valence-corrected chi connectivity index (χ4v) is 3.39. The number of carbonyl (C=O) groups is 2. The van der Waals surface area contributed by atoms with Crippen LogP contribution in [0, 0.1) is 0 Å². The SMILES string of the molecule is Nc1ccn([C@@H]2O[C@H](C(OC(=O)c3cccnc3)C(=O)c3cccnc3)[C@@H](O)[C@H]2O)c(=O)n1. The molecule has 0 radical (unpaired) electrons. The van der Waals surface area contributed by atoms with Crippen LogP contribution >= 0.6 is 0 Å². The Balaban J connectivity index is 1.67. The number of esters is 1. The summed E-state index contributed by atoms with van der Waals surface area (Å²) >= 11 is 0. The van der Waals surface area contributed by atoms with Crippen molar-refractivity contribution in [3.63, 3.8) is 0 Å². The van der Waals surface area contributed by atoms with Crippen LogP contribution in [-0.4, -0.2) is 65.9 Å². The Labute approximate surface area is 186 Å². The molecule has 3 aromatic heterocycles. The Bertz CT molecular complexity index is 1200. The molecule has 0 saturated carbocycles. The van der Waals surface area contributed by atoms with E-state index < -0.39 is 48.1 Å². The maximum absolute atomic E-state index is 13.2. The summed E-state index contributed by atoms with van der Waals surface area (Å²) in [6.07, 6.45) is -1.27. The molecular formula is C21H19N5O7. The molecule has 5 atom stereocenters. The maximum Gasteiger partial charge on any atom is 0.351 e. The number of anilines is 1. The number of hydrogen-bond donors (Lipinski definition) is 3. The number of nitrogen functional groups attached to an aromatic ring is 1. The Morgan fingerprint density at radius 1 is 1.06 bits per heavy atom. The average molecular weight is 453 g/mol. The van der Waals surface area contributed by atoms with Crippen LogP contribution in [-0.2, 0) is 9.47 Å². The predicted octanol–water partition coefficient (Wildman–Crippen LogP) is -0.657. The lowest BCUT2D eigenvalue weighted by Gasteiger charge is -2.24. The van der Waals surface area contributed by atoms with E-state index in [2.05, 4.69) is 15.0 Å². The fourth-order valence-electron chi connectivity index (χ4n) is 3.39. The van der Waals surface area contributed by atoms with Crippen LogP contribution in [0.3, 0.4) is 0 Å². The van der Waals surface area contributed by atoms with E-state index >= 15 is 0 Å². The van der Waals surface area contributed by atoms with Crippen molar-refractivity contribution in [1.29, 1.82) is 0 Å². The molecule has 1 unspecified atom stereocenters. The number of nitrogens with two attached hydrogens (primary N) is 1. The summed E-state index contributed by atoms with van der Waals surface area (Å²) in [4.78, 5) is 49.4. The number of ether oxygens (including phenoxy) is 2. The Kier molecular flexibility index (Phi) is 6.22. The average Bonchev–Trinajstić information content (AvgIpc) is 3.12. The topological polar surface area (TPSA) is 180 Å². The summed E-state index contributed by atoms with van der Waals surface area (Å²) in [5.41, 5.74) is 4.79. The number of aliphatic hydroxyl groups is 2. The highest BCUT2D eigenvalue weighted by molar-refractivity contribution is 6.01. The number of aromatic nitrogens is 4.